The van der Waals surface area contributed by atoms with Crippen LogP contribution in [0.4, 0.5) is 0 Å². The fourth-order valence-corrected chi connectivity index (χ4v) is 1.62. The Hall–Kier alpha value is -0.510. The van der Waals surface area contributed by atoms with E-state index in [0.29, 0.717) is 0 Å². The van der Waals surface area contributed by atoms with Crippen LogP contribution in [0.3, 0.4) is 0 Å². The summed E-state index contributed by atoms with van der Waals surface area (Å²) in [4.78, 5) is 11.9. The molecule has 1 aromatic rings. The first-order valence-corrected chi connectivity index (χ1v) is 6.33. The number of alkyl halides is 1. The molecule has 0 unspecified atom stereocenters. The van der Waals surface area contributed by atoms with Crippen molar-refractivity contribution < 1.29 is 0 Å². The molecule has 0 aromatic carbocycles. The number of hydrogen-bond donors (Lipinski definition) is 0. The van der Waals surface area contributed by atoms with Crippen molar-refractivity contribution in [2.24, 2.45) is 5.41 Å². The van der Waals surface area contributed by atoms with Gasteiger partial charge in [-0.3, -0.25) is 9.13 Å². The molecule has 3 nitrogen and oxygen atoms in total. The summed E-state index contributed by atoms with van der Waals surface area (Å²) in [7, 11) is 0. The molecular weight excluding hydrogens is 256 g/mol. The number of nitrogens with zero attached hydrogens (tertiary/aromatic N) is 2. The van der Waals surface area contributed by atoms with Gasteiger partial charge in [-0.05, 0) is 19.3 Å². The lowest BCUT2D eigenvalue weighted by Gasteiger charge is -2.21. The van der Waals surface area contributed by atoms with E-state index in [-0.39, 0.29) is 17.1 Å². The van der Waals surface area contributed by atoms with Gasteiger partial charge in [0.2, 0.25) is 0 Å². The Labute approximate surface area is 99.2 Å². The van der Waals surface area contributed by atoms with E-state index >= 15 is 0 Å². The number of rotatable bonds is 4. The molecule has 0 atom stereocenters. The first-order chi connectivity index (χ1) is 6.87. The molecule has 15 heavy (non-hydrogen) atoms. The van der Waals surface area contributed by atoms with Gasteiger partial charge in [0.15, 0.2) is 0 Å². The third kappa shape index (κ3) is 2.97. The van der Waals surface area contributed by atoms with Crippen molar-refractivity contribution in [2.75, 3.05) is 5.33 Å². The zero-order valence-electron chi connectivity index (χ0n) is 9.83. The fourth-order valence-electron chi connectivity index (χ4n) is 1.44. The zero-order chi connectivity index (χ0) is 11.6. The van der Waals surface area contributed by atoms with Crippen LogP contribution in [0.2, 0.25) is 0 Å². The van der Waals surface area contributed by atoms with E-state index in [4.69, 9.17) is 0 Å². The molecule has 0 aliphatic carbocycles. The van der Waals surface area contributed by atoms with E-state index in [2.05, 4.69) is 29.8 Å². The van der Waals surface area contributed by atoms with Gasteiger partial charge in [0.1, 0.15) is 0 Å². The van der Waals surface area contributed by atoms with Crippen molar-refractivity contribution in [3.05, 3.63) is 22.9 Å². The highest BCUT2D eigenvalue weighted by molar-refractivity contribution is 9.09. The first-order valence-electron chi connectivity index (χ1n) is 5.20. The van der Waals surface area contributed by atoms with E-state index in [0.717, 1.165) is 11.9 Å². The van der Waals surface area contributed by atoms with Crippen LogP contribution in [0.5, 0.6) is 0 Å². The van der Waals surface area contributed by atoms with Crippen LogP contribution < -0.4 is 5.69 Å². The van der Waals surface area contributed by atoms with E-state index in [1.54, 1.807) is 9.13 Å². The molecule has 86 valence electrons. The van der Waals surface area contributed by atoms with Crippen molar-refractivity contribution in [1.29, 1.82) is 0 Å². The number of halogens is 1. The van der Waals surface area contributed by atoms with E-state index in [1.165, 1.54) is 0 Å². The van der Waals surface area contributed by atoms with Crippen LogP contribution in [0.25, 0.3) is 0 Å². The second kappa shape index (κ2) is 4.56. The molecule has 0 saturated heterocycles. The fraction of sp³-hybridized carbons (Fsp3) is 0.727. The van der Waals surface area contributed by atoms with Crippen molar-refractivity contribution in [3.8, 4) is 0 Å². The van der Waals surface area contributed by atoms with E-state index in [1.807, 2.05) is 26.2 Å². The molecule has 0 aliphatic rings. The minimum atomic E-state index is 0.0824. The molecule has 0 bridgehead atoms. The third-order valence-electron chi connectivity index (χ3n) is 2.39. The largest absolute Gasteiger partial charge is 0.328 e. The lowest BCUT2D eigenvalue weighted by Crippen LogP contribution is -2.31. The Kier molecular flexibility index (Phi) is 3.82. The van der Waals surface area contributed by atoms with Gasteiger partial charge in [-0.2, -0.15) is 0 Å². The summed E-state index contributed by atoms with van der Waals surface area (Å²) in [5.74, 6) is 0. The van der Waals surface area contributed by atoms with E-state index < -0.39 is 0 Å². The Morgan fingerprint density at radius 2 is 2.00 bits per heavy atom. The van der Waals surface area contributed by atoms with Crippen molar-refractivity contribution in [1.82, 2.24) is 9.13 Å². The smallest absolute Gasteiger partial charge is 0.299 e. The van der Waals surface area contributed by atoms with Gasteiger partial charge in [-0.25, -0.2) is 4.79 Å². The summed E-state index contributed by atoms with van der Waals surface area (Å²) in [6.07, 6.45) is 3.73. The molecule has 0 N–H and O–H groups in total. The molecule has 0 amide bonds. The van der Waals surface area contributed by atoms with Gasteiger partial charge in [0, 0.05) is 30.3 Å². The lowest BCUT2D eigenvalue weighted by molar-refractivity contribution is 0.345. The Morgan fingerprint density at radius 3 is 2.40 bits per heavy atom. The summed E-state index contributed by atoms with van der Waals surface area (Å²) in [5, 5.41) is 0.888. The average molecular weight is 275 g/mol. The van der Waals surface area contributed by atoms with Gasteiger partial charge >= 0.3 is 5.69 Å². The number of aromatic nitrogens is 2. The van der Waals surface area contributed by atoms with Crippen molar-refractivity contribution in [2.45, 2.75) is 40.3 Å². The highest BCUT2D eigenvalue weighted by Gasteiger charge is 2.18. The van der Waals surface area contributed by atoms with Crippen LogP contribution >= 0.6 is 15.9 Å². The van der Waals surface area contributed by atoms with E-state index in [9.17, 15) is 4.79 Å². The van der Waals surface area contributed by atoms with Crippen molar-refractivity contribution >= 4 is 15.9 Å². The van der Waals surface area contributed by atoms with Crippen LogP contribution in [0, 0.1) is 5.41 Å². The SMILES string of the molecule is CC(C)n1ccn(CC(C)(C)CBr)c1=O. The molecule has 1 aromatic heterocycles. The molecule has 0 spiro atoms. The quantitative estimate of drug-likeness (QED) is 0.776. The molecule has 0 radical (unpaired) electrons. The molecule has 0 fully saturated rings. The molecule has 0 saturated carbocycles. The molecule has 1 rings (SSSR count). The maximum atomic E-state index is 11.9. The van der Waals surface area contributed by atoms with Gasteiger partial charge in [-0.1, -0.05) is 29.8 Å². The summed E-state index contributed by atoms with van der Waals surface area (Å²) < 4.78 is 3.53. The topological polar surface area (TPSA) is 26.9 Å². The maximum Gasteiger partial charge on any atom is 0.328 e. The Bertz CT molecular complexity index is 376. The highest BCUT2D eigenvalue weighted by atomic mass is 79.9. The second-order valence-electron chi connectivity index (χ2n) is 5.01. The molecular formula is C11H19BrN2O. The summed E-state index contributed by atoms with van der Waals surface area (Å²) in [6, 6.07) is 0.228. The predicted molar refractivity (Wildman–Crippen MR) is 66.7 cm³/mol. The van der Waals surface area contributed by atoms with Gasteiger partial charge in [0.25, 0.3) is 0 Å². The minimum Gasteiger partial charge on any atom is -0.299 e. The molecule has 4 heteroatoms. The minimum absolute atomic E-state index is 0.0824. The summed E-state index contributed by atoms with van der Waals surface area (Å²) in [5.41, 5.74) is 0.187. The summed E-state index contributed by atoms with van der Waals surface area (Å²) >= 11 is 3.47. The van der Waals surface area contributed by atoms with Gasteiger partial charge < -0.3 is 0 Å². The molecule has 1 heterocycles. The molecule has 0 aliphatic heterocycles. The lowest BCUT2D eigenvalue weighted by atomic mass is 9.97. The zero-order valence-corrected chi connectivity index (χ0v) is 11.4. The second-order valence-corrected chi connectivity index (χ2v) is 5.57. The van der Waals surface area contributed by atoms with Crippen LogP contribution in [-0.2, 0) is 6.54 Å². The third-order valence-corrected chi connectivity index (χ3v) is 3.91. The number of hydrogen-bond acceptors (Lipinski definition) is 1. The average Bonchev–Trinajstić information content (AvgIpc) is 2.48. The van der Waals surface area contributed by atoms with Crippen LogP contribution in [0.15, 0.2) is 17.2 Å². The summed E-state index contributed by atoms with van der Waals surface area (Å²) in [6.45, 7) is 9.06. The van der Waals surface area contributed by atoms with Gasteiger partial charge in [-0.15, -0.1) is 0 Å². The predicted octanol–water partition coefficient (Wildman–Crippen LogP) is 2.65. The first kappa shape index (κ1) is 12.6. The highest BCUT2D eigenvalue weighted by Crippen LogP contribution is 2.19. The Morgan fingerprint density at radius 1 is 1.40 bits per heavy atom. The van der Waals surface area contributed by atoms with Gasteiger partial charge in [0.05, 0.1) is 0 Å². The normalized spacial score (nSPS) is 12.4. The van der Waals surface area contributed by atoms with Crippen LogP contribution in [0.1, 0.15) is 33.7 Å². The standard InChI is InChI=1S/C11H19BrN2O/c1-9(2)14-6-5-13(10(14)15)8-11(3,4)7-12/h5-6,9H,7-8H2,1-4H3. The maximum absolute atomic E-state index is 11.9. The monoisotopic (exact) mass is 274 g/mol. The van der Waals surface area contributed by atoms with Crippen LogP contribution in [-0.4, -0.2) is 14.5 Å². The van der Waals surface area contributed by atoms with Crippen molar-refractivity contribution in [3.63, 3.8) is 0 Å². The Balaban J connectivity index is 2.94. The number of imidazole rings is 1.